The molecule has 21 heavy (non-hydrogen) atoms. The van der Waals surface area contributed by atoms with Gasteiger partial charge in [-0.3, -0.25) is 9.69 Å². The molecule has 1 unspecified atom stereocenters. The van der Waals surface area contributed by atoms with Crippen molar-refractivity contribution in [2.45, 2.75) is 19.1 Å². The second-order valence-electron chi connectivity index (χ2n) is 5.80. The third-order valence-electron chi connectivity index (χ3n) is 4.17. The van der Waals surface area contributed by atoms with Crippen LogP contribution in [0, 0.1) is 0 Å². The highest BCUT2D eigenvalue weighted by Crippen LogP contribution is 2.18. The first-order valence-corrected chi connectivity index (χ1v) is 7.55. The van der Waals surface area contributed by atoms with E-state index in [9.17, 15) is 9.90 Å². The van der Waals surface area contributed by atoms with Crippen LogP contribution >= 0.6 is 0 Å². The van der Waals surface area contributed by atoms with E-state index in [1.165, 1.54) is 11.1 Å². The van der Waals surface area contributed by atoms with Gasteiger partial charge in [-0.05, 0) is 17.5 Å². The second kappa shape index (κ2) is 6.56. The predicted octanol–water partition coefficient (Wildman–Crippen LogP) is 0.264. The normalized spacial score (nSPS) is 23.5. The molecule has 1 aromatic carbocycles. The quantitative estimate of drug-likeness (QED) is 0.849. The van der Waals surface area contributed by atoms with Gasteiger partial charge in [-0.15, -0.1) is 0 Å². The van der Waals surface area contributed by atoms with Gasteiger partial charge >= 0.3 is 0 Å². The Morgan fingerprint density at radius 2 is 2.10 bits per heavy atom. The average Bonchev–Trinajstić information content (AvgIpc) is 2.72. The molecule has 0 radical (unpaired) electrons. The Morgan fingerprint density at radius 3 is 2.95 bits per heavy atom. The fourth-order valence-corrected chi connectivity index (χ4v) is 3.00. The number of ether oxygens (including phenoxy) is 1. The second-order valence-corrected chi connectivity index (χ2v) is 5.80. The number of amides is 1. The third-order valence-corrected chi connectivity index (χ3v) is 4.17. The Hall–Kier alpha value is -1.43. The Morgan fingerprint density at radius 1 is 1.29 bits per heavy atom. The maximum atomic E-state index is 12.4. The first-order valence-electron chi connectivity index (χ1n) is 7.55. The van der Waals surface area contributed by atoms with Crippen LogP contribution in [0.1, 0.15) is 11.1 Å². The molecule has 0 bridgehead atoms. The molecule has 1 amide bonds. The number of aliphatic hydroxyl groups excluding tert-OH is 1. The zero-order valence-corrected chi connectivity index (χ0v) is 12.2. The first kappa shape index (κ1) is 14.5. The fraction of sp³-hybridized carbons (Fsp3) is 0.562. The summed E-state index contributed by atoms with van der Waals surface area (Å²) in [6.45, 7) is 3.93. The number of carbonyl (C=O) groups is 1. The SMILES string of the molecule is O=C(CN1CCc2ccccc2C1)N1CCOCC(O)C1. The van der Waals surface area contributed by atoms with Crippen molar-refractivity contribution in [1.29, 1.82) is 0 Å². The van der Waals surface area contributed by atoms with Crippen LogP contribution in [0.3, 0.4) is 0 Å². The maximum Gasteiger partial charge on any atom is 0.236 e. The van der Waals surface area contributed by atoms with Gasteiger partial charge in [0.25, 0.3) is 0 Å². The number of benzene rings is 1. The molecule has 0 spiro atoms. The van der Waals surface area contributed by atoms with Crippen molar-refractivity contribution in [1.82, 2.24) is 9.80 Å². The summed E-state index contributed by atoms with van der Waals surface area (Å²) in [6.07, 6.45) is 0.424. The highest BCUT2D eigenvalue weighted by atomic mass is 16.5. The van der Waals surface area contributed by atoms with E-state index in [0.717, 1.165) is 19.5 Å². The van der Waals surface area contributed by atoms with E-state index in [1.54, 1.807) is 4.90 Å². The van der Waals surface area contributed by atoms with E-state index < -0.39 is 6.10 Å². The minimum absolute atomic E-state index is 0.0823. The Bertz CT molecular complexity index is 506. The summed E-state index contributed by atoms with van der Waals surface area (Å²) >= 11 is 0. The zero-order chi connectivity index (χ0) is 14.7. The summed E-state index contributed by atoms with van der Waals surface area (Å²) in [5.41, 5.74) is 2.70. The molecule has 2 aliphatic rings. The Balaban J connectivity index is 1.58. The Labute approximate surface area is 125 Å². The van der Waals surface area contributed by atoms with Gasteiger partial charge < -0.3 is 14.7 Å². The molecule has 0 aliphatic carbocycles. The molecular formula is C16H22N2O3. The van der Waals surface area contributed by atoms with Crippen LogP contribution in [0.15, 0.2) is 24.3 Å². The molecule has 1 saturated heterocycles. The largest absolute Gasteiger partial charge is 0.389 e. The smallest absolute Gasteiger partial charge is 0.236 e. The van der Waals surface area contributed by atoms with Crippen molar-refractivity contribution in [3.05, 3.63) is 35.4 Å². The van der Waals surface area contributed by atoms with Crippen molar-refractivity contribution < 1.29 is 14.6 Å². The molecule has 5 nitrogen and oxygen atoms in total. The first-order chi connectivity index (χ1) is 10.2. The van der Waals surface area contributed by atoms with Crippen molar-refractivity contribution in [2.75, 3.05) is 39.4 Å². The Kier molecular flexibility index (Phi) is 4.53. The highest BCUT2D eigenvalue weighted by molar-refractivity contribution is 5.78. The highest BCUT2D eigenvalue weighted by Gasteiger charge is 2.24. The van der Waals surface area contributed by atoms with Crippen LogP contribution in [0.25, 0.3) is 0 Å². The maximum absolute atomic E-state index is 12.4. The number of nitrogens with zero attached hydrogens (tertiary/aromatic N) is 2. The molecule has 1 atom stereocenters. The van der Waals surface area contributed by atoms with Gasteiger partial charge in [-0.1, -0.05) is 24.3 Å². The summed E-state index contributed by atoms with van der Waals surface area (Å²) in [5, 5.41) is 9.71. The summed E-state index contributed by atoms with van der Waals surface area (Å²) in [5.74, 6) is 0.0823. The molecule has 0 aromatic heterocycles. The van der Waals surface area contributed by atoms with Crippen LogP contribution < -0.4 is 0 Å². The monoisotopic (exact) mass is 290 g/mol. The number of carbonyl (C=O) groups excluding carboxylic acids is 1. The van der Waals surface area contributed by atoms with Gasteiger partial charge in [0.15, 0.2) is 0 Å². The molecule has 2 aliphatic heterocycles. The zero-order valence-electron chi connectivity index (χ0n) is 12.2. The fourth-order valence-electron chi connectivity index (χ4n) is 3.00. The minimum atomic E-state index is -0.571. The van der Waals surface area contributed by atoms with Crippen LogP contribution in [-0.2, 0) is 22.5 Å². The van der Waals surface area contributed by atoms with E-state index in [1.807, 2.05) is 6.07 Å². The van der Waals surface area contributed by atoms with Gasteiger partial charge in [-0.25, -0.2) is 0 Å². The van der Waals surface area contributed by atoms with Crippen LogP contribution in [0.5, 0.6) is 0 Å². The molecule has 2 heterocycles. The summed E-state index contributed by atoms with van der Waals surface area (Å²) in [4.78, 5) is 16.3. The minimum Gasteiger partial charge on any atom is -0.389 e. The van der Waals surface area contributed by atoms with Crippen molar-refractivity contribution >= 4 is 5.91 Å². The van der Waals surface area contributed by atoms with E-state index in [0.29, 0.717) is 32.8 Å². The van der Waals surface area contributed by atoms with E-state index in [4.69, 9.17) is 4.74 Å². The number of fused-ring (bicyclic) bond motifs is 1. The molecular weight excluding hydrogens is 268 g/mol. The molecule has 114 valence electrons. The van der Waals surface area contributed by atoms with Gasteiger partial charge in [-0.2, -0.15) is 0 Å². The van der Waals surface area contributed by atoms with Gasteiger partial charge in [0.1, 0.15) is 0 Å². The van der Waals surface area contributed by atoms with E-state index in [2.05, 4.69) is 23.1 Å². The van der Waals surface area contributed by atoms with Crippen LogP contribution in [0.4, 0.5) is 0 Å². The molecule has 1 fully saturated rings. The lowest BCUT2D eigenvalue weighted by atomic mass is 10.00. The van der Waals surface area contributed by atoms with Gasteiger partial charge in [0.05, 0.1) is 25.9 Å². The topological polar surface area (TPSA) is 53.0 Å². The molecule has 0 saturated carbocycles. The van der Waals surface area contributed by atoms with E-state index in [-0.39, 0.29) is 5.91 Å². The summed E-state index contributed by atoms with van der Waals surface area (Å²) in [6, 6.07) is 8.41. The lowest BCUT2D eigenvalue weighted by Crippen LogP contribution is -2.45. The molecule has 1 N–H and O–H groups in total. The molecule has 3 rings (SSSR count). The summed E-state index contributed by atoms with van der Waals surface area (Å²) in [7, 11) is 0. The van der Waals surface area contributed by atoms with Gasteiger partial charge in [0.2, 0.25) is 5.91 Å². The number of rotatable bonds is 2. The number of hydrogen-bond donors (Lipinski definition) is 1. The molecule has 1 aromatic rings. The third kappa shape index (κ3) is 3.61. The number of aliphatic hydroxyl groups is 1. The van der Waals surface area contributed by atoms with Crippen molar-refractivity contribution in [3.63, 3.8) is 0 Å². The van der Waals surface area contributed by atoms with Crippen molar-refractivity contribution in [2.24, 2.45) is 0 Å². The van der Waals surface area contributed by atoms with E-state index >= 15 is 0 Å². The number of β-amino-alcohol motifs (C(OH)–C–C–N with tert-alkyl or cyclic N) is 1. The van der Waals surface area contributed by atoms with Crippen LogP contribution in [0.2, 0.25) is 0 Å². The molecule has 5 heteroatoms. The average molecular weight is 290 g/mol. The van der Waals surface area contributed by atoms with Crippen molar-refractivity contribution in [3.8, 4) is 0 Å². The summed E-state index contributed by atoms with van der Waals surface area (Å²) < 4.78 is 5.27. The van der Waals surface area contributed by atoms with Gasteiger partial charge in [0, 0.05) is 26.2 Å². The predicted molar refractivity (Wildman–Crippen MR) is 78.8 cm³/mol. The van der Waals surface area contributed by atoms with Crippen LogP contribution in [-0.4, -0.2) is 66.3 Å². The lowest BCUT2D eigenvalue weighted by molar-refractivity contribution is -0.133. The standard InChI is InChI=1S/C16H22N2O3/c19-15-10-18(7-8-21-12-15)16(20)11-17-6-5-13-3-1-2-4-14(13)9-17/h1-4,15,19H,5-12H2. The number of hydrogen-bond acceptors (Lipinski definition) is 4. The lowest BCUT2D eigenvalue weighted by Gasteiger charge is -2.30.